The average Bonchev–Trinajstić information content (AvgIpc) is 2.71. The van der Waals surface area contributed by atoms with Crippen molar-refractivity contribution in [3.05, 3.63) is 36.0 Å². The number of aliphatic carboxylic acids is 1. The third-order valence-corrected chi connectivity index (χ3v) is 2.83. The molecule has 2 rings (SSSR count). The number of fused-ring (bicyclic) bond motifs is 1. The molecule has 94 valence electrons. The maximum atomic E-state index is 11.1. The first-order chi connectivity index (χ1) is 8.58. The summed E-state index contributed by atoms with van der Waals surface area (Å²) < 4.78 is 0. The SMILES string of the molecule is NC(=S)N[C@H](Cc1c[nH]c2ccccc12)C(=O)O. The quantitative estimate of drug-likeness (QED) is 0.618. The van der Waals surface area contributed by atoms with E-state index >= 15 is 0 Å². The molecule has 6 heteroatoms. The first-order valence-electron chi connectivity index (χ1n) is 5.41. The van der Waals surface area contributed by atoms with E-state index in [1.54, 1.807) is 0 Å². The summed E-state index contributed by atoms with van der Waals surface area (Å²) in [5, 5.41) is 12.7. The predicted molar refractivity (Wildman–Crippen MR) is 73.3 cm³/mol. The van der Waals surface area contributed by atoms with E-state index in [9.17, 15) is 4.79 Å². The second-order valence-corrected chi connectivity index (χ2v) is 4.40. The van der Waals surface area contributed by atoms with E-state index in [-0.39, 0.29) is 5.11 Å². The molecule has 0 radical (unpaired) electrons. The highest BCUT2D eigenvalue weighted by molar-refractivity contribution is 7.80. The topological polar surface area (TPSA) is 91.1 Å². The molecule has 0 amide bonds. The molecule has 1 heterocycles. The Bertz CT molecular complexity index is 594. The fourth-order valence-corrected chi connectivity index (χ4v) is 2.03. The predicted octanol–water partition coefficient (Wildman–Crippen LogP) is 0.997. The lowest BCUT2D eigenvalue weighted by Gasteiger charge is -2.13. The van der Waals surface area contributed by atoms with Gasteiger partial charge in [0.05, 0.1) is 0 Å². The van der Waals surface area contributed by atoms with Gasteiger partial charge in [-0.3, -0.25) is 0 Å². The number of aromatic nitrogens is 1. The summed E-state index contributed by atoms with van der Waals surface area (Å²) in [5.74, 6) is -0.979. The molecule has 5 nitrogen and oxygen atoms in total. The van der Waals surface area contributed by atoms with Gasteiger partial charge in [-0.1, -0.05) is 18.2 Å². The summed E-state index contributed by atoms with van der Waals surface area (Å²) in [4.78, 5) is 14.2. The maximum Gasteiger partial charge on any atom is 0.326 e. The summed E-state index contributed by atoms with van der Waals surface area (Å²) in [7, 11) is 0. The molecule has 0 unspecified atom stereocenters. The largest absolute Gasteiger partial charge is 0.480 e. The van der Waals surface area contributed by atoms with Crippen LogP contribution in [0.4, 0.5) is 0 Å². The van der Waals surface area contributed by atoms with Crippen LogP contribution in [0.3, 0.4) is 0 Å². The normalized spacial score (nSPS) is 12.2. The van der Waals surface area contributed by atoms with Crippen molar-refractivity contribution in [2.45, 2.75) is 12.5 Å². The van der Waals surface area contributed by atoms with Crippen LogP contribution < -0.4 is 11.1 Å². The molecule has 0 aliphatic heterocycles. The van der Waals surface area contributed by atoms with Gasteiger partial charge in [-0.05, 0) is 23.8 Å². The van der Waals surface area contributed by atoms with Crippen LogP contribution in [0.1, 0.15) is 5.56 Å². The standard InChI is InChI=1S/C12H13N3O2S/c13-12(18)15-10(11(16)17)5-7-6-14-9-4-2-1-3-8(7)9/h1-4,6,10,14H,5H2,(H,16,17)(H3,13,15,18)/t10-/m1/s1. The molecular weight excluding hydrogens is 250 g/mol. The highest BCUT2D eigenvalue weighted by atomic mass is 32.1. The van der Waals surface area contributed by atoms with E-state index in [0.717, 1.165) is 16.5 Å². The minimum Gasteiger partial charge on any atom is -0.480 e. The van der Waals surface area contributed by atoms with Crippen LogP contribution in [-0.2, 0) is 11.2 Å². The number of benzene rings is 1. The van der Waals surface area contributed by atoms with E-state index in [0.29, 0.717) is 6.42 Å². The van der Waals surface area contributed by atoms with Gasteiger partial charge in [0.25, 0.3) is 0 Å². The van der Waals surface area contributed by atoms with Gasteiger partial charge < -0.3 is 21.1 Å². The number of thiocarbonyl (C=S) groups is 1. The Balaban J connectivity index is 2.26. The Morgan fingerprint density at radius 2 is 2.22 bits per heavy atom. The van der Waals surface area contributed by atoms with Gasteiger partial charge in [0.15, 0.2) is 5.11 Å². The fourth-order valence-electron chi connectivity index (χ4n) is 1.89. The van der Waals surface area contributed by atoms with Crippen molar-refractivity contribution in [2.24, 2.45) is 5.73 Å². The zero-order chi connectivity index (χ0) is 13.1. The average molecular weight is 263 g/mol. The Morgan fingerprint density at radius 3 is 2.89 bits per heavy atom. The molecule has 0 spiro atoms. The second kappa shape index (κ2) is 5.05. The highest BCUT2D eigenvalue weighted by Gasteiger charge is 2.19. The minimum atomic E-state index is -0.979. The van der Waals surface area contributed by atoms with Gasteiger partial charge in [-0.25, -0.2) is 4.79 Å². The van der Waals surface area contributed by atoms with Crippen LogP contribution in [-0.4, -0.2) is 27.2 Å². The molecule has 1 aromatic heterocycles. The van der Waals surface area contributed by atoms with E-state index in [1.165, 1.54) is 0 Å². The van der Waals surface area contributed by atoms with Crippen molar-refractivity contribution in [1.82, 2.24) is 10.3 Å². The van der Waals surface area contributed by atoms with Crippen LogP contribution in [0.2, 0.25) is 0 Å². The van der Waals surface area contributed by atoms with Gasteiger partial charge in [0.1, 0.15) is 6.04 Å². The highest BCUT2D eigenvalue weighted by Crippen LogP contribution is 2.19. The van der Waals surface area contributed by atoms with Gasteiger partial charge in [-0.15, -0.1) is 0 Å². The van der Waals surface area contributed by atoms with Crippen LogP contribution >= 0.6 is 12.2 Å². The zero-order valence-corrected chi connectivity index (χ0v) is 10.3. The third kappa shape index (κ3) is 2.60. The molecule has 1 atom stereocenters. The van der Waals surface area contributed by atoms with Gasteiger partial charge in [0.2, 0.25) is 0 Å². The van der Waals surface area contributed by atoms with E-state index < -0.39 is 12.0 Å². The van der Waals surface area contributed by atoms with E-state index in [1.807, 2.05) is 30.5 Å². The molecule has 0 fully saturated rings. The maximum absolute atomic E-state index is 11.1. The second-order valence-electron chi connectivity index (χ2n) is 3.96. The lowest BCUT2D eigenvalue weighted by Crippen LogP contribution is -2.44. The number of para-hydroxylation sites is 1. The number of nitrogens with one attached hydrogen (secondary N) is 2. The van der Waals surface area contributed by atoms with Crippen molar-refractivity contribution in [3.63, 3.8) is 0 Å². The molecular formula is C12H13N3O2S. The summed E-state index contributed by atoms with van der Waals surface area (Å²) in [6.07, 6.45) is 2.12. The number of carboxylic acid groups (broad SMARTS) is 1. The van der Waals surface area contributed by atoms with Gasteiger partial charge in [-0.2, -0.15) is 0 Å². The van der Waals surface area contributed by atoms with Gasteiger partial charge in [0, 0.05) is 23.5 Å². The number of aromatic amines is 1. The summed E-state index contributed by atoms with van der Waals surface area (Å²) in [6.45, 7) is 0. The molecule has 0 saturated heterocycles. The summed E-state index contributed by atoms with van der Waals surface area (Å²) in [5.41, 5.74) is 7.22. The number of rotatable bonds is 4. The van der Waals surface area contributed by atoms with E-state index in [2.05, 4.69) is 22.5 Å². The van der Waals surface area contributed by atoms with Crippen LogP contribution in [0.5, 0.6) is 0 Å². The lowest BCUT2D eigenvalue weighted by atomic mass is 10.1. The number of carboxylic acids is 1. The number of H-pyrrole nitrogens is 1. The monoisotopic (exact) mass is 263 g/mol. The Hall–Kier alpha value is -2.08. The van der Waals surface area contributed by atoms with Crippen molar-refractivity contribution >= 4 is 34.2 Å². The van der Waals surface area contributed by atoms with E-state index in [4.69, 9.17) is 10.8 Å². The molecule has 0 bridgehead atoms. The third-order valence-electron chi connectivity index (χ3n) is 2.71. The Labute approximate surface area is 109 Å². The number of hydrogen-bond donors (Lipinski definition) is 4. The summed E-state index contributed by atoms with van der Waals surface area (Å²) >= 11 is 4.68. The molecule has 1 aromatic carbocycles. The molecule has 2 aromatic rings. The first-order valence-corrected chi connectivity index (χ1v) is 5.82. The van der Waals surface area contributed by atoms with Crippen LogP contribution in [0.15, 0.2) is 30.5 Å². The number of hydrogen-bond acceptors (Lipinski definition) is 2. The smallest absolute Gasteiger partial charge is 0.326 e. The van der Waals surface area contributed by atoms with Crippen molar-refractivity contribution in [1.29, 1.82) is 0 Å². The first kappa shape index (κ1) is 12.4. The van der Waals surface area contributed by atoms with Gasteiger partial charge >= 0.3 is 5.97 Å². The molecule has 0 saturated carbocycles. The van der Waals surface area contributed by atoms with Crippen LogP contribution in [0.25, 0.3) is 10.9 Å². The molecule has 0 aliphatic carbocycles. The molecule has 18 heavy (non-hydrogen) atoms. The number of nitrogens with two attached hydrogens (primary N) is 1. The molecule has 5 N–H and O–H groups in total. The Kier molecular flexibility index (Phi) is 3.47. The van der Waals surface area contributed by atoms with Crippen molar-refractivity contribution in [3.8, 4) is 0 Å². The van der Waals surface area contributed by atoms with Crippen molar-refractivity contribution in [2.75, 3.05) is 0 Å². The molecule has 0 aliphatic rings. The summed E-state index contributed by atoms with van der Waals surface area (Å²) in [6, 6.07) is 6.90. The van der Waals surface area contributed by atoms with Crippen molar-refractivity contribution < 1.29 is 9.90 Å². The lowest BCUT2D eigenvalue weighted by molar-refractivity contribution is -0.139. The Morgan fingerprint density at radius 1 is 1.50 bits per heavy atom. The number of carbonyl (C=O) groups is 1. The zero-order valence-electron chi connectivity index (χ0n) is 9.51. The fraction of sp³-hybridized carbons (Fsp3) is 0.167. The van der Waals surface area contributed by atoms with Crippen LogP contribution in [0, 0.1) is 0 Å². The minimum absolute atomic E-state index is 0.0118.